The Kier molecular flexibility index (Phi) is 4.81. The lowest BCUT2D eigenvalue weighted by Crippen LogP contribution is -2.22. The first-order chi connectivity index (χ1) is 7.56. The minimum absolute atomic E-state index is 0.596. The van der Waals surface area contributed by atoms with Crippen molar-refractivity contribution in [3.63, 3.8) is 0 Å². The average molecular weight is 221 g/mol. The van der Waals surface area contributed by atoms with Crippen molar-refractivity contribution in [2.75, 3.05) is 32.2 Å². The van der Waals surface area contributed by atoms with Gasteiger partial charge in [-0.2, -0.15) is 0 Å². The van der Waals surface area contributed by atoms with E-state index in [1.807, 2.05) is 0 Å². The van der Waals surface area contributed by atoms with E-state index in [9.17, 15) is 0 Å². The van der Waals surface area contributed by atoms with Gasteiger partial charge in [-0.05, 0) is 36.1 Å². The van der Waals surface area contributed by atoms with E-state index in [2.05, 4.69) is 50.9 Å². The maximum atomic E-state index is 5.08. The van der Waals surface area contributed by atoms with Gasteiger partial charge in [-0.3, -0.25) is 0 Å². The van der Waals surface area contributed by atoms with Crippen molar-refractivity contribution in [3.05, 3.63) is 29.3 Å². The van der Waals surface area contributed by atoms with Gasteiger partial charge in [0.05, 0.1) is 6.61 Å². The highest BCUT2D eigenvalue weighted by Crippen LogP contribution is 2.23. The van der Waals surface area contributed by atoms with Gasteiger partial charge in [0, 0.05) is 26.4 Å². The monoisotopic (exact) mass is 221 g/mol. The van der Waals surface area contributed by atoms with E-state index in [0.717, 1.165) is 13.2 Å². The van der Waals surface area contributed by atoms with Crippen molar-refractivity contribution in [2.24, 2.45) is 0 Å². The minimum atomic E-state index is 0.596. The first-order valence-corrected chi connectivity index (χ1v) is 5.87. The molecule has 90 valence electrons. The summed E-state index contributed by atoms with van der Waals surface area (Å²) in [4.78, 5) is 2.22. The summed E-state index contributed by atoms with van der Waals surface area (Å²) >= 11 is 0. The zero-order chi connectivity index (χ0) is 12.1. The Morgan fingerprint density at radius 1 is 1.31 bits per heavy atom. The third-order valence-electron chi connectivity index (χ3n) is 2.95. The third kappa shape index (κ3) is 3.24. The predicted molar refractivity (Wildman–Crippen MR) is 70.4 cm³/mol. The lowest BCUT2D eigenvalue weighted by molar-refractivity contribution is 0.206. The molecule has 0 heterocycles. The van der Waals surface area contributed by atoms with E-state index < -0.39 is 0 Å². The van der Waals surface area contributed by atoms with E-state index in [0.29, 0.717) is 5.92 Å². The number of nitrogens with zero attached hydrogens (tertiary/aromatic N) is 1. The van der Waals surface area contributed by atoms with Crippen molar-refractivity contribution in [1.82, 2.24) is 0 Å². The van der Waals surface area contributed by atoms with Gasteiger partial charge in [-0.15, -0.1) is 0 Å². The van der Waals surface area contributed by atoms with Crippen molar-refractivity contribution in [2.45, 2.75) is 26.7 Å². The molecule has 2 heteroatoms. The molecule has 0 saturated carbocycles. The van der Waals surface area contributed by atoms with Gasteiger partial charge in [0.2, 0.25) is 0 Å². The number of anilines is 1. The standard InChI is InChI=1S/C14H23NO/c1-11(2)14-7-6-13(10-12(14)3)15(4)8-9-16-5/h6-7,10-11H,8-9H2,1-5H3. The fraction of sp³-hybridized carbons (Fsp3) is 0.571. The average Bonchev–Trinajstić information content (AvgIpc) is 2.25. The fourth-order valence-electron chi connectivity index (χ4n) is 1.90. The highest BCUT2D eigenvalue weighted by molar-refractivity contribution is 5.50. The molecule has 0 aliphatic rings. The Morgan fingerprint density at radius 3 is 2.50 bits per heavy atom. The van der Waals surface area contributed by atoms with Crippen molar-refractivity contribution in [1.29, 1.82) is 0 Å². The van der Waals surface area contributed by atoms with Gasteiger partial charge in [0.1, 0.15) is 0 Å². The van der Waals surface area contributed by atoms with E-state index in [1.54, 1.807) is 7.11 Å². The summed E-state index contributed by atoms with van der Waals surface area (Å²) in [6.45, 7) is 8.34. The summed E-state index contributed by atoms with van der Waals surface area (Å²) in [7, 11) is 3.84. The molecular weight excluding hydrogens is 198 g/mol. The molecule has 0 unspecified atom stereocenters. The number of hydrogen-bond acceptors (Lipinski definition) is 2. The van der Waals surface area contributed by atoms with E-state index >= 15 is 0 Å². The Morgan fingerprint density at radius 2 is 2.00 bits per heavy atom. The number of aryl methyl sites for hydroxylation is 1. The SMILES string of the molecule is COCCN(C)c1ccc(C(C)C)c(C)c1. The molecule has 0 saturated heterocycles. The normalized spacial score (nSPS) is 10.9. The summed E-state index contributed by atoms with van der Waals surface area (Å²) in [5.41, 5.74) is 4.07. The maximum absolute atomic E-state index is 5.08. The van der Waals surface area contributed by atoms with E-state index in [1.165, 1.54) is 16.8 Å². The van der Waals surface area contributed by atoms with Crippen molar-refractivity contribution in [3.8, 4) is 0 Å². The smallest absolute Gasteiger partial charge is 0.0637 e. The quantitative estimate of drug-likeness (QED) is 0.757. The van der Waals surface area contributed by atoms with Crippen LogP contribution in [0.15, 0.2) is 18.2 Å². The second-order valence-corrected chi connectivity index (χ2v) is 4.61. The van der Waals surface area contributed by atoms with Crippen LogP contribution in [0, 0.1) is 6.92 Å². The summed E-state index contributed by atoms with van der Waals surface area (Å²) < 4.78 is 5.08. The summed E-state index contributed by atoms with van der Waals surface area (Å²) in [5.74, 6) is 0.596. The molecule has 0 spiro atoms. The van der Waals surface area contributed by atoms with Gasteiger partial charge >= 0.3 is 0 Å². The highest BCUT2D eigenvalue weighted by Gasteiger charge is 2.06. The number of methoxy groups -OCH3 is 1. The first kappa shape index (κ1) is 13.0. The minimum Gasteiger partial charge on any atom is -0.383 e. The Bertz CT molecular complexity index is 334. The second kappa shape index (κ2) is 5.90. The van der Waals surface area contributed by atoms with Crippen LogP contribution in [0.5, 0.6) is 0 Å². The van der Waals surface area contributed by atoms with Gasteiger partial charge in [-0.1, -0.05) is 19.9 Å². The predicted octanol–water partition coefficient (Wildman–Crippen LogP) is 3.20. The molecule has 0 radical (unpaired) electrons. The first-order valence-electron chi connectivity index (χ1n) is 5.87. The molecule has 0 bridgehead atoms. The van der Waals surface area contributed by atoms with Crippen LogP contribution in [0.4, 0.5) is 5.69 Å². The zero-order valence-electron chi connectivity index (χ0n) is 11.1. The molecule has 0 aliphatic heterocycles. The lowest BCUT2D eigenvalue weighted by atomic mass is 9.97. The lowest BCUT2D eigenvalue weighted by Gasteiger charge is -2.21. The molecule has 1 aromatic carbocycles. The third-order valence-corrected chi connectivity index (χ3v) is 2.95. The fourth-order valence-corrected chi connectivity index (χ4v) is 1.90. The zero-order valence-corrected chi connectivity index (χ0v) is 11.1. The van der Waals surface area contributed by atoms with Crippen LogP contribution < -0.4 is 4.90 Å². The molecule has 1 rings (SSSR count). The van der Waals surface area contributed by atoms with Crippen LogP contribution in [-0.2, 0) is 4.74 Å². The molecule has 0 amide bonds. The molecule has 2 nitrogen and oxygen atoms in total. The molecule has 0 atom stereocenters. The Balaban J connectivity index is 2.80. The van der Waals surface area contributed by atoms with Crippen LogP contribution >= 0.6 is 0 Å². The Hall–Kier alpha value is -1.02. The number of hydrogen-bond donors (Lipinski definition) is 0. The van der Waals surface area contributed by atoms with E-state index in [-0.39, 0.29) is 0 Å². The van der Waals surface area contributed by atoms with Crippen molar-refractivity contribution >= 4 is 5.69 Å². The molecule has 0 aliphatic carbocycles. The number of rotatable bonds is 5. The molecule has 0 fully saturated rings. The van der Waals surface area contributed by atoms with Crippen LogP contribution in [0.1, 0.15) is 30.9 Å². The summed E-state index contributed by atoms with van der Waals surface area (Å²) in [6.07, 6.45) is 0. The Labute approximate surface area is 99.2 Å². The number of benzene rings is 1. The van der Waals surface area contributed by atoms with E-state index in [4.69, 9.17) is 4.74 Å². The van der Waals surface area contributed by atoms with Gasteiger partial charge in [0.25, 0.3) is 0 Å². The van der Waals surface area contributed by atoms with Gasteiger partial charge in [-0.25, -0.2) is 0 Å². The largest absolute Gasteiger partial charge is 0.383 e. The number of likely N-dealkylation sites (N-methyl/N-ethyl adjacent to an activating group) is 1. The maximum Gasteiger partial charge on any atom is 0.0637 e. The van der Waals surface area contributed by atoms with Crippen LogP contribution in [0.25, 0.3) is 0 Å². The highest BCUT2D eigenvalue weighted by atomic mass is 16.5. The van der Waals surface area contributed by atoms with Crippen LogP contribution in [-0.4, -0.2) is 27.3 Å². The summed E-state index contributed by atoms with van der Waals surface area (Å²) in [6, 6.07) is 6.68. The van der Waals surface area contributed by atoms with Crippen LogP contribution in [0.3, 0.4) is 0 Å². The topological polar surface area (TPSA) is 12.5 Å². The van der Waals surface area contributed by atoms with Gasteiger partial charge in [0.15, 0.2) is 0 Å². The molecule has 0 N–H and O–H groups in total. The van der Waals surface area contributed by atoms with Gasteiger partial charge < -0.3 is 9.64 Å². The summed E-state index contributed by atoms with van der Waals surface area (Å²) in [5, 5.41) is 0. The molecular formula is C14H23NO. The number of ether oxygens (including phenoxy) is 1. The molecule has 0 aromatic heterocycles. The van der Waals surface area contributed by atoms with Crippen molar-refractivity contribution < 1.29 is 4.74 Å². The molecule has 1 aromatic rings. The second-order valence-electron chi connectivity index (χ2n) is 4.61. The molecule has 16 heavy (non-hydrogen) atoms. The van der Waals surface area contributed by atoms with Crippen LogP contribution in [0.2, 0.25) is 0 Å².